The first-order valence-corrected chi connectivity index (χ1v) is 12.3. The number of fused-ring (bicyclic) bond motifs is 1. The number of rotatable bonds is 9. The highest BCUT2D eigenvalue weighted by Crippen LogP contribution is 2.28. The van der Waals surface area contributed by atoms with E-state index in [9.17, 15) is 4.79 Å². The average molecular weight is 478 g/mol. The van der Waals surface area contributed by atoms with Crippen LogP contribution in [-0.2, 0) is 6.54 Å². The van der Waals surface area contributed by atoms with Crippen molar-refractivity contribution in [3.63, 3.8) is 0 Å². The second-order valence-corrected chi connectivity index (χ2v) is 9.08. The van der Waals surface area contributed by atoms with E-state index in [1.807, 2.05) is 67.4 Å². The summed E-state index contributed by atoms with van der Waals surface area (Å²) < 4.78 is 4.14. The van der Waals surface area contributed by atoms with Crippen molar-refractivity contribution in [2.75, 3.05) is 11.9 Å². The maximum Gasteiger partial charge on any atom is 0.251 e. The number of nitrogens with zero attached hydrogens (tertiary/aromatic N) is 5. The van der Waals surface area contributed by atoms with E-state index >= 15 is 0 Å². The van der Waals surface area contributed by atoms with Crippen molar-refractivity contribution in [2.45, 2.75) is 31.8 Å². The number of hydrogen-bond acceptors (Lipinski definition) is 5. The number of carbonyl (C=O) groups excluding carboxylic acids is 1. The van der Waals surface area contributed by atoms with Gasteiger partial charge in [-0.3, -0.25) is 9.20 Å². The highest BCUT2D eigenvalue weighted by Gasteiger charge is 2.23. The van der Waals surface area contributed by atoms with Gasteiger partial charge in [-0.15, -0.1) is 0 Å². The second kappa shape index (κ2) is 9.65. The molecule has 180 valence electrons. The molecule has 5 aromatic rings. The highest BCUT2D eigenvalue weighted by atomic mass is 16.1. The van der Waals surface area contributed by atoms with Crippen molar-refractivity contribution in [3.05, 3.63) is 91.3 Å². The van der Waals surface area contributed by atoms with Gasteiger partial charge in [0.05, 0.1) is 23.9 Å². The summed E-state index contributed by atoms with van der Waals surface area (Å²) in [5, 5.41) is 6.53. The summed E-state index contributed by atoms with van der Waals surface area (Å²) in [5.41, 5.74) is 5.27. The van der Waals surface area contributed by atoms with Crippen LogP contribution in [0.15, 0.2) is 85.7 Å². The molecule has 0 unspecified atom stereocenters. The molecule has 0 radical (unpaired) electrons. The minimum absolute atomic E-state index is 0.0139. The molecule has 36 heavy (non-hydrogen) atoms. The van der Waals surface area contributed by atoms with E-state index in [1.165, 1.54) is 0 Å². The molecule has 0 aliphatic heterocycles. The molecule has 3 aromatic heterocycles. The zero-order valence-electron chi connectivity index (χ0n) is 19.8. The minimum Gasteiger partial charge on any atom is -0.367 e. The van der Waals surface area contributed by atoms with Crippen LogP contribution in [-0.4, -0.2) is 42.4 Å². The Hall–Kier alpha value is -4.46. The molecule has 1 aliphatic rings. The Morgan fingerprint density at radius 1 is 1.03 bits per heavy atom. The van der Waals surface area contributed by atoms with E-state index in [1.54, 1.807) is 6.20 Å². The zero-order valence-corrected chi connectivity index (χ0v) is 19.8. The molecule has 2 N–H and O–H groups in total. The third-order valence-corrected chi connectivity index (χ3v) is 6.36. The SMILES string of the molecule is O=C(NC1CC1)c1ccc(-c2cnc3c(NCCCn4ccnc4)nc(-c4ccccc4)cn23)cc1. The third-order valence-electron chi connectivity index (χ3n) is 6.36. The molecule has 0 bridgehead atoms. The molecule has 1 amide bonds. The van der Waals surface area contributed by atoms with Gasteiger partial charge in [0, 0.05) is 54.4 Å². The van der Waals surface area contributed by atoms with Gasteiger partial charge in [0.25, 0.3) is 5.91 Å². The highest BCUT2D eigenvalue weighted by molar-refractivity contribution is 5.95. The van der Waals surface area contributed by atoms with Crippen LogP contribution in [0.3, 0.4) is 0 Å². The Bertz CT molecular complexity index is 1470. The van der Waals surface area contributed by atoms with Gasteiger partial charge in [0.15, 0.2) is 11.5 Å². The topological polar surface area (TPSA) is 89.1 Å². The van der Waals surface area contributed by atoms with E-state index in [0.29, 0.717) is 11.6 Å². The monoisotopic (exact) mass is 477 g/mol. The molecule has 8 nitrogen and oxygen atoms in total. The fraction of sp³-hybridized carbons (Fsp3) is 0.214. The smallest absolute Gasteiger partial charge is 0.251 e. The second-order valence-electron chi connectivity index (χ2n) is 9.08. The van der Waals surface area contributed by atoms with Crippen molar-refractivity contribution >= 4 is 17.4 Å². The van der Waals surface area contributed by atoms with E-state index in [-0.39, 0.29) is 5.91 Å². The summed E-state index contributed by atoms with van der Waals surface area (Å²) in [6.07, 6.45) is 12.5. The van der Waals surface area contributed by atoms with Gasteiger partial charge in [-0.05, 0) is 31.4 Å². The summed E-state index contributed by atoms with van der Waals surface area (Å²) in [4.78, 5) is 26.1. The lowest BCUT2D eigenvalue weighted by atomic mass is 10.1. The lowest BCUT2D eigenvalue weighted by Crippen LogP contribution is -2.25. The van der Waals surface area contributed by atoms with Gasteiger partial charge >= 0.3 is 0 Å². The lowest BCUT2D eigenvalue weighted by molar-refractivity contribution is 0.0951. The summed E-state index contributed by atoms with van der Waals surface area (Å²) in [6.45, 7) is 1.63. The minimum atomic E-state index is -0.0139. The Kier molecular flexibility index (Phi) is 5.91. The number of benzene rings is 2. The fourth-order valence-electron chi connectivity index (χ4n) is 4.24. The summed E-state index contributed by atoms with van der Waals surface area (Å²) in [6, 6.07) is 18.2. The molecule has 6 rings (SSSR count). The van der Waals surface area contributed by atoms with Crippen molar-refractivity contribution in [3.8, 4) is 22.5 Å². The lowest BCUT2D eigenvalue weighted by Gasteiger charge is -2.12. The molecule has 0 spiro atoms. The van der Waals surface area contributed by atoms with Crippen LogP contribution in [0.1, 0.15) is 29.6 Å². The number of imidazole rings is 2. The van der Waals surface area contributed by atoms with Crippen LogP contribution < -0.4 is 10.6 Å². The van der Waals surface area contributed by atoms with Crippen LogP contribution in [0.4, 0.5) is 5.82 Å². The molecule has 0 saturated heterocycles. The Balaban J connectivity index is 1.30. The summed E-state index contributed by atoms with van der Waals surface area (Å²) >= 11 is 0. The number of nitrogens with one attached hydrogen (secondary N) is 2. The van der Waals surface area contributed by atoms with Crippen molar-refractivity contribution in [1.29, 1.82) is 0 Å². The van der Waals surface area contributed by atoms with Gasteiger partial charge < -0.3 is 15.2 Å². The number of carbonyl (C=O) groups is 1. The maximum absolute atomic E-state index is 12.4. The number of aryl methyl sites for hydroxylation is 1. The van der Waals surface area contributed by atoms with Crippen LogP contribution in [0, 0.1) is 0 Å². The molecule has 3 heterocycles. The Morgan fingerprint density at radius 2 is 1.86 bits per heavy atom. The maximum atomic E-state index is 12.4. The average Bonchev–Trinajstić information content (AvgIpc) is 3.38. The number of anilines is 1. The standard InChI is InChI=1S/C28H27N7O/c36-28(32-23-11-12-23)22-9-7-21(8-10-22)25-17-31-27-26(30-13-4-15-34-16-14-29-19-34)33-24(18-35(25)27)20-5-2-1-3-6-20/h1-3,5-10,14,16-19,23H,4,11-13,15H2,(H,30,33)(H,32,36). The Labute approximate surface area is 209 Å². The van der Waals surface area contributed by atoms with E-state index in [0.717, 1.165) is 66.3 Å². The summed E-state index contributed by atoms with van der Waals surface area (Å²) in [5.74, 6) is 0.730. The van der Waals surface area contributed by atoms with Gasteiger partial charge in [0.2, 0.25) is 0 Å². The molecule has 1 saturated carbocycles. The van der Waals surface area contributed by atoms with Crippen molar-refractivity contribution in [2.24, 2.45) is 0 Å². The Morgan fingerprint density at radius 3 is 2.61 bits per heavy atom. The zero-order chi connectivity index (χ0) is 24.3. The first-order valence-electron chi connectivity index (χ1n) is 12.3. The molecule has 2 aromatic carbocycles. The number of amides is 1. The predicted molar refractivity (Wildman–Crippen MR) is 140 cm³/mol. The number of aromatic nitrogens is 5. The molecule has 0 atom stereocenters. The van der Waals surface area contributed by atoms with E-state index < -0.39 is 0 Å². The molecular formula is C28H27N7O. The van der Waals surface area contributed by atoms with Crippen LogP contribution in [0.2, 0.25) is 0 Å². The molecule has 1 fully saturated rings. The molecule has 1 aliphatic carbocycles. The third kappa shape index (κ3) is 4.70. The van der Waals surface area contributed by atoms with E-state index in [4.69, 9.17) is 9.97 Å². The van der Waals surface area contributed by atoms with Crippen molar-refractivity contribution in [1.82, 2.24) is 29.2 Å². The van der Waals surface area contributed by atoms with Gasteiger partial charge in [-0.1, -0.05) is 42.5 Å². The van der Waals surface area contributed by atoms with Crippen LogP contribution in [0.5, 0.6) is 0 Å². The normalized spacial score (nSPS) is 13.1. The van der Waals surface area contributed by atoms with Crippen molar-refractivity contribution < 1.29 is 4.79 Å². The molecule has 8 heteroatoms. The van der Waals surface area contributed by atoms with Gasteiger partial charge in [-0.25, -0.2) is 15.0 Å². The predicted octanol–water partition coefficient (Wildman–Crippen LogP) is 4.65. The van der Waals surface area contributed by atoms with Crippen LogP contribution >= 0.6 is 0 Å². The fourth-order valence-corrected chi connectivity index (χ4v) is 4.24. The van der Waals surface area contributed by atoms with Gasteiger partial charge in [-0.2, -0.15) is 0 Å². The van der Waals surface area contributed by atoms with Gasteiger partial charge in [0.1, 0.15) is 0 Å². The first kappa shape index (κ1) is 22.0. The largest absolute Gasteiger partial charge is 0.367 e. The quantitative estimate of drug-likeness (QED) is 0.302. The molecular weight excluding hydrogens is 450 g/mol. The van der Waals surface area contributed by atoms with E-state index in [2.05, 4.69) is 36.7 Å². The first-order chi connectivity index (χ1) is 17.7. The number of hydrogen-bond donors (Lipinski definition) is 2. The van der Waals surface area contributed by atoms with Crippen LogP contribution in [0.25, 0.3) is 28.2 Å². The summed E-state index contributed by atoms with van der Waals surface area (Å²) in [7, 11) is 0.